The molecule has 0 spiro atoms. The maximum atomic E-state index is 12.5. The van der Waals surface area contributed by atoms with Crippen LogP contribution in [0.25, 0.3) is 0 Å². The van der Waals surface area contributed by atoms with E-state index in [1.54, 1.807) is 18.2 Å². The molecule has 10 heteroatoms. The monoisotopic (exact) mass is 401 g/mol. The molecule has 2 aromatic carbocycles. The molecule has 1 aliphatic rings. The summed E-state index contributed by atoms with van der Waals surface area (Å²) in [6, 6.07) is 8.90. The highest BCUT2D eigenvalue weighted by atomic mass is 35.5. The van der Waals surface area contributed by atoms with Crippen molar-refractivity contribution in [2.45, 2.75) is 12.9 Å². The lowest BCUT2D eigenvalue weighted by molar-refractivity contribution is -0.274. The van der Waals surface area contributed by atoms with Gasteiger partial charge in [0.1, 0.15) is 13.2 Å². The highest BCUT2D eigenvalue weighted by molar-refractivity contribution is 6.32. The second-order valence-electron chi connectivity index (χ2n) is 5.47. The molecule has 1 heterocycles. The third kappa shape index (κ3) is 5.10. The van der Waals surface area contributed by atoms with Crippen molar-refractivity contribution >= 4 is 23.2 Å². The molecule has 27 heavy (non-hydrogen) atoms. The molecule has 0 bridgehead atoms. The highest BCUT2D eigenvalue weighted by Crippen LogP contribution is 2.38. The number of nitrogens with zero attached hydrogens (tertiary/aromatic N) is 1. The minimum absolute atomic E-state index is 0.0382. The van der Waals surface area contributed by atoms with Crippen LogP contribution in [0.1, 0.15) is 5.56 Å². The zero-order valence-corrected chi connectivity index (χ0v) is 14.6. The molecule has 6 nitrogen and oxygen atoms in total. The second kappa shape index (κ2) is 7.83. The highest BCUT2D eigenvalue weighted by Gasteiger charge is 2.32. The molecule has 0 aromatic heterocycles. The Balaban J connectivity index is 1.71. The van der Waals surface area contributed by atoms with Crippen LogP contribution in [-0.2, 0) is 6.54 Å². The van der Waals surface area contributed by atoms with Gasteiger partial charge in [-0.2, -0.15) is 0 Å². The quantitative estimate of drug-likeness (QED) is 0.599. The van der Waals surface area contributed by atoms with Crippen LogP contribution in [0, 0.1) is 0 Å². The van der Waals surface area contributed by atoms with Gasteiger partial charge in [0.15, 0.2) is 23.2 Å². The van der Waals surface area contributed by atoms with E-state index in [1.807, 2.05) is 0 Å². The molecule has 0 saturated carbocycles. The van der Waals surface area contributed by atoms with E-state index in [0.717, 1.165) is 0 Å². The predicted molar refractivity (Wildman–Crippen MR) is 94.5 cm³/mol. The molecule has 3 N–H and O–H groups in total. The van der Waals surface area contributed by atoms with Crippen molar-refractivity contribution in [3.8, 4) is 17.2 Å². The van der Waals surface area contributed by atoms with Crippen LogP contribution in [0.3, 0.4) is 0 Å². The van der Waals surface area contributed by atoms with Crippen LogP contribution in [0.5, 0.6) is 17.2 Å². The van der Waals surface area contributed by atoms with Crippen LogP contribution in [0.4, 0.5) is 18.9 Å². The molecule has 1 aliphatic heterocycles. The van der Waals surface area contributed by atoms with Gasteiger partial charge >= 0.3 is 6.36 Å². The zero-order valence-electron chi connectivity index (χ0n) is 13.8. The third-order valence-corrected chi connectivity index (χ3v) is 3.74. The van der Waals surface area contributed by atoms with E-state index in [9.17, 15) is 13.2 Å². The summed E-state index contributed by atoms with van der Waals surface area (Å²) in [5, 5.41) is 2.98. The number of nitrogens with one attached hydrogen (secondary N) is 1. The van der Waals surface area contributed by atoms with Gasteiger partial charge in [0.2, 0.25) is 0 Å². The molecule has 0 atom stereocenters. The molecule has 3 rings (SSSR count). The van der Waals surface area contributed by atoms with Gasteiger partial charge in [0.25, 0.3) is 0 Å². The molecule has 2 aromatic rings. The molecular formula is C17H15ClF3N3O3. The van der Waals surface area contributed by atoms with Crippen molar-refractivity contribution in [3.05, 3.63) is 47.0 Å². The molecular weight excluding hydrogens is 387 g/mol. The lowest BCUT2D eigenvalue weighted by Crippen LogP contribution is -2.24. The maximum Gasteiger partial charge on any atom is 0.573 e. The number of ether oxygens (including phenoxy) is 3. The average molecular weight is 402 g/mol. The van der Waals surface area contributed by atoms with Crippen molar-refractivity contribution in [1.29, 1.82) is 0 Å². The summed E-state index contributed by atoms with van der Waals surface area (Å²) < 4.78 is 52.2. The Morgan fingerprint density at radius 1 is 1.22 bits per heavy atom. The Kier molecular flexibility index (Phi) is 5.50. The third-order valence-electron chi connectivity index (χ3n) is 3.46. The number of para-hydroxylation sites is 2. The number of anilines is 1. The lowest BCUT2D eigenvalue weighted by atomic mass is 10.2. The molecule has 0 saturated heterocycles. The van der Waals surface area contributed by atoms with Crippen molar-refractivity contribution in [2.75, 3.05) is 18.5 Å². The smallest absolute Gasteiger partial charge is 0.486 e. The van der Waals surface area contributed by atoms with Gasteiger partial charge in [-0.25, -0.2) is 4.99 Å². The minimum atomic E-state index is -4.81. The van der Waals surface area contributed by atoms with E-state index in [0.29, 0.717) is 35.3 Å². The number of aliphatic imine (C=N–C) groups is 1. The fourth-order valence-corrected chi connectivity index (χ4v) is 2.68. The Hall–Kier alpha value is -2.81. The van der Waals surface area contributed by atoms with Gasteiger partial charge in [-0.15, -0.1) is 13.2 Å². The fourth-order valence-electron chi connectivity index (χ4n) is 2.39. The summed E-state index contributed by atoms with van der Waals surface area (Å²) in [5.74, 6) is 0.485. The number of nitrogens with two attached hydrogens (primary N) is 1. The van der Waals surface area contributed by atoms with E-state index >= 15 is 0 Å². The van der Waals surface area contributed by atoms with E-state index < -0.39 is 12.1 Å². The first-order chi connectivity index (χ1) is 12.8. The summed E-state index contributed by atoms with van der Waals surface area (Å²) in [4.78, 5) is 4.11. The first-order valence-corrected chi connectivity index (χ1v) is 8.19. The Morgan fingerprint density at radius 3 is 2.74 bits per heavy atom. The number of fused-ring (bicyclic) bond motifs is 1. The Bertz CT molecular complexity index is 859. The van der Waals surface area contributed by atoms with Gasteiger partial charge in [0.05, 0.1) is 17.3 Å². The van der Waals surface area contributed by atoms with E-state index in [2.05, 4.69) is 15.0 Å². The number of alkyl halides is 3. The summed E-state index contributed by atoms with van der Waals surface area (Å²) in [7, 11) is 0. The van der Waals surface area contributed by atoms with E-state index in [-0.39, 0.29) is 18.2 Å². The second-order valence-corrected chi connectivity index (χ2v) is 5.88. The normalized spacial score (nSPS) is 14.0. The van der Waals surface area contributed by atoms with Crippen LogP contribution in [-0.4, -0.2) is 25.5 Å². The van der Waals surface area contributed by atoms with Gasteiger partial charge in [0, 0.05) is 0 Å². The predicted octanol–water partition coefficient (Wildman–Crippen LogP) is 3.94. The Morgan fingerprint density at radius 2 is 1.96 bits per heavy atom. The molecule has 0 aliphatic carbocycles. The van der Waals surface area contributed by atoms with E-state index in [4.69, 9.17) is 26.8 Å². The number of rotatable bonds is 4. The molecule has 0 fully saturated rings. The van der Waals surface area contributed by atoms with Crippen LogP contribution in [0.15, 0.2) is 41.4 Å². The number of guanidine groups is 1. The first kappa shape index (κ1) is 19.0. The summed E-state index contributed by atoms with van der Waals surface area (Å²) in [6.45, 7) is 0.966. The molecule has 0 amide bonds. The summed E-state index contributed by atoms with van der Waals surface area (Å²) >= 11 is 6.15. The van der Waals surface area contributed by atoms with Crippen LogP contribution < -0.4 is 25.3 Å². The summed E-state index contributed by atoms with van der Waals surface area (Å²) in [6.07, 6.45) is -4.81. The van der Waals surface area contributed by atoms with Crippen LogP contribution >= 0.6 is 11.6 Å². The van der Waals surface area contributed by atoms with Gasteiger partial charge in [-0.1, -0.05) is 23.7 Å². The van der Waals surface area contributed by atoms with Crippen molar-refractivity contribution in [3.63, 3.8) is 0 Å². The number of halogens is 4. The van der Waals surface area contributed by atoms with Crippen molar-refractivity contribution in [1.82, 2.24) is 0 Å². The Labute approximate surface area is 157 Å². The van der Waals surface area contributed by atoms with Crippen LogP contribution in [0.2, 0.25) is 5.02 Å². The zero-order chi connectivity index (χ0) is 19.4. The number of hydrogen-bond donors (Lipinski definition) is 2. The van der Waals surface area contributed by atoms with Crippen molar-refractivity contribution in [2.24, 2.45) is 10.7 Å². The van der Waals surface area contributed by atoms with Crippen molar-refractivity contribution < 1.29 is 27.4 Å². The SMILES string of the molecule is NC(=NCc1cc(Cl)c2c(c1)OCCO2)Nc1ccccc1OC(F)(F)F. The van der Waals surface area contributed by atoms with Gasteiger partial charge < -0.3 is 25.3 Å². The fraction of sp³-hybridized carbons (Fsp3) is 0.235. The standard InChI is InChI=1S/C17H15ClF3N3O3/c18-11-7-10(8-14-15(11)26-6-5-25-14)9-23-16(22)24-12-3-1-2-4-13(12)27-17(19,20)21/h1-4,7-8H,5-6,9H2,(H3,22,23,24). The topological polar surface area (TPSA) is 78.1 Å². The van der Waals surface area contributed by atoms with E-state index in [1.165, 1.54) is 18.2 Å². The number of benzene rings is 2. The van der Waals surface area contributed by atoms with Gasteiger partial charge in [-0.3, -0.25) is 0 Å². The van der Waals surface area contributed by atoms with Gasteiger partial charge in [-0.05, 0) is 29.8 Å². The summed E-state index contributed by atoms with van der Waals surface area (Å²) in [5.41, 5.74) is 6.52. The lowest BCUT2D eigenvalue weighted by Gasteiger charge is -2.20. The molecule has 0 unspecified atom stereocenters. The molecule has 0 radical (unpaired) electrons. The number of hydrogen-bond acceptors (Lipinski definition) is 4. The first-order valence-electron chi connectivity index (χ1n) is 7.81. The maximum absolute atomic E-state index is 12.5. The average Bonchev–Trinajstić information content (AvgIpc) is 2.60. The largest absolute Gasteiger partial charge is 0.573 e. The minimum Gasteiger partial charge on any atom is -0.486 e. The molecule has 144 valence electrons.